The van der Waals surface area contributed by atoms with Crippen molar-refractivity contribution in [3.05, 3.63) is 27.2 Å². The zero-order chi connectivity index (χ0) is 20.4. The van der Waals surface area contributed by atoms with Gasteiger partial charge in [-0.25, -0.2) is 4.79 Å². The minimum atomic E-state index is -1.21. The molecule has 7 heteroatoms. The monoisotopic (exact) mass is 404 g/mol. The second-order valence-corrected chi connectivity index (χ2v) is 8.79. The topological polar surface area (TPSA) is 95.5 Å². The SMILES string of the molecule is CCCOC(=O)c1c(NC(=O)[C@@H]2CC(C)=C(C)C[C@H]2C(=O)[O-])sc2c1CCC2. The van der Waals surface area contributed by atoms with E-state index in [-0.39, 0.29) is 5.91 Å². The molecule has 0 unspecified atom stereocenters. The molecular weight excluding hydrogens is 378 g/mol. The quantitative estimate of drug-likeness (QED) is 0.581. The van der Waals surface area contributed by atoms with Crippen molar-refractivity contribution < 1.29 is 24.2 Å². The number of thiophene rings is 1. The van der Waals surface area contributed by atoms with Crippen LogP contribution in [0, 0.1) is 11.8 Å². The second-order valence-electron chi connectivity index (χ2n) is 7.69. The number of carbonyl (C=O) groups excluding carboxylic acids is 3. The number of anilines is 1. The van der Waals surface area contributed by atoms with Crippen LogP contribution in [0.1, 0.15) is 67.3 Å². The maximum atomic E-state index is 13.0. The Morgan fingerprint density at radius 3 is 2.46 bits per heavy atom. The highest BCUT2D eigenvalue weighted by Crippen LogP contribution is 2.41. The summed E-state index contributed by atoms with van der Waals surface area (Å²) in [7, 11) is 0. The summed E-state index contributed by atoms with van der Waals surface area (Å²) in [6.45, 7) is 6.07. The summed E-state index contributed by atoms with van der Waals surface area (Å²) in [4.78, 5) is 38.3. The number of allylic oxidation sites excluding steroid dienone is 2. The van der Waals surface area contributed by atoms with E-state index in [1.807, 2.05) is 20.8 Å². The number of hydrogen-bond donors (Lipinski definition) is 1. The first kappa shape index (κ1) is 20.6. The molecule has 3 rings (SSSR count). The Hall–Kier alpha value is -2.15. The predicted octanol–water partition coefficient (Wildman–Crippen LogP) is 2.85. The Morgan fingerprint density at radius 2 is 1.82 bits per heavy atom. The van der Waals surface area contributed by atoms with Crippen molar-refractivity contribution >= 4 is 34.2 Å². The van der Waals surface area contributed by atoms with Crippen LogP contribution in [0.4, 0.5) is 5.00 Å². The van der Waals surface area contributed by atoms with E-state index in [1.54, 1.807) is 0 Å². The van der Waals surface area contributed by atoms with Gasteiger partial charge in [0.05, 0.1) is 18.1 Å². The summed E-state index contributed by atoms with van der Waals surface area (Å²) < 4.78 is 5.32. The Morgan fingerprint density at radius 1 is 1.14 bits per heavy atom. The molecule has 0 aromatic carbocycles. The summed E-state index contributed by atoms with van der Waals surface area (Å²) in [6.07, 6.45) is 4.10. The van der Waals surface area contributed by atoms with Crippen molar-refractivity contribution in [2.45, 2.75) is 59.3 Å². The molecule has 0 aliphatic heterocycles. The van der Waals surface area contributed by atoms with Crippen molar-refractivity contribution in [3.8, 4) is 0 Å². The fourth-order valence-electron chi connectivity index (χ4n) is 4.00. The number of aryl methyl sites for hydroxylation is 1. The number of hydrogen-bond acceptors (Lipinski definition) is 6. The van der Waals surface area contributed by atoms with Crippen molar-refractivity contribution in [1.29, 1.82) is 0 Å². The minimum Gasteiger partial charge on any atom is -0.550 e. The molecule has 2 aliphatic carbocycles. The Kier molecular flexibility index (Phi) is 6.23. The number of carbonyl (C=O) groups is 3. The lowest BCUT2D eigenvalue weighted by atomic mass is 9.76. The van der Waals surface area contributed by atoms with E-state index in [1.165, 1.54) is 11.3 Å². The van der Waals surface area contributed by atoms with Gasteiger partial charge >= 0.3 is 5.97 Å². The number of carboxylic acids is 1. The average Bonchev–Trinajstić information content (AvgIpc) is 3.21. The molecular formula is C21H26NO5S-. The number of rotatable bonds is 6. The smallest absolute Gasteiger partial charge is 0.341 e. The first-order chi connectivity index (χ1) is 13.3. The van der Waals surface area contributed by atoms with Crippen LogP contribution in [-0.4, -0.2) is 24.5 Å². The Labute approximate surface area is 169 Å². The van der Waals surface area contributed by atoms with Gasteiger partial charge in [0.1, 0.15) is 5.00 Å². The zero-order valence-electron chi connectivity index (χ0n) is 16.6. The van der Waals surface area contributed by atoms with Gasteiger partial charge in [-0.15, -0.1) is 11.3 Å². The fraction of sp³-hybridized carbons (Fsp3) is 0.571. The number of nitrogens with one attached hydrogen (secondary N) is 1. The largest absolute Gasteiger partial charge is 0.550 e. The molecule has 6 nitrogen and oxygen atoms in total. The Bertz CT molecular complexity index is 838. The van der Waals surface area contributed by atoms with E-state index in [0.717, 1.165) is 47.3 Å². The lowest BCUT2D eigenvalue weighted by Crippen LogP contribution is -2.42. The van der Waals surface area contributed by atoms with E-state index < -0.39 is 23.8 Å². The fourth-order valence-corrected chi connectivity index (χ4v) is 5.28. The van der Waals surface area contributed by atoms with Gasteiger partial charge in [-0.05, 0) is 57.9 Å². The van der Waals surface area contributed by atoms with Crippen LogP contribution in [0.3, 0.4) is 0 Å². The normalized spacial score (nSPS) is 21.4. The number of amides is 1. The first-order valence-corrected chi connectivity index (χ1v) is 10.6. The number of esters is 1. The molecule has 0 bridgehead atoms. The van der Waals surface area contributed by atoms with Gasteiger partial charge in [-0.3, -0.25) is 4.79 Å². The van der Waals surface area contributed by atoms with Crippen molar-refractivity contribution in [1.82, 2.24) is 0 Å². The van der Waals surface area contributed by atoms with Crippen LogP contribution < -0.4 is 10.4 Å². The molecule has 0 fully saturated rings. The third-order valence-electron chi connectivity index (χ3n) is 5.71. The predicted molar refractivity (Wildman–Crippen MR) is 105 cm³/mol. The summed E-state index contributed by atoms with van der Waals surface area (Å²) >= 11 is 1.41. The van der Waals surface area contributed by atoms with E-state index >= 15 is 0 Å². The molecule has 1 heterocycles. The number of aliphatic carboxylic acids is 1. The molecule has 0 saturated carbocycles. The standard InChI is InChI=1S/C21H27NO5S/c1-4-8-27-21(26)17-13-6-5-7-16(13)28-19(17)22-18(23)14-9-11(2)12(3)10-15(14)20(24)25/h14-15H,4-10H2,1-3H3,(H,22,23)(H,24,25)/p-1/t14-,15-/m1/s1. The molecule has 0 radical (unpaired) electrons. The highest BCUT2D eigenvalue weighted by atomic mass is 32.1. The molecule has 1 N–H and O–H groups in total. The van der Waals surface area contributed by atoms with Crippen LogP contribution in [0.15, 0.2) is 11.1 Å². The van der Waals surface area contributed by atoms with E-state index in [9.17, 15) is 19.5 Å². The van der Waals surface area contributed by atoms with Gasteiger partial charge in [-0.1, -0.05) is 18.1 Å². The second kappa shape index (κ2) is 8.47. The number of ether oxygens (including phenoxy) is 1. The van der Waals surface area contributed by atoms with Gasteiger partial charge in [0, 0.05) is 16.8 Å². The van der Waals surface area contributed by atoms with Crippen LogP contribution in [0.2, 0.25) is 0 Å². The summed E-state index contributed by atoms with van der Waals surface area (Å²) in [5.74, 6) is -3.55. The van der Waals surface area contributed by atoms with E-state index in [0.29, 0.717) is 30.0 Å². The third kappa shape index (κ3) is 3.99. The maximum Gasteiger partial charge on any atom is 0.341 e. The van der Waals surface area contributed by atoms with Crippen LogP contribution >= 0.6 is 11.3 Å². The van der Waals surface area contributed by atoms with Gasteiger partial charge in [0.15, 0.2) is 0 Å². The summed E-state index contributed by atoms with van der Waals surface area (Å²) in [6, 6.07) is 0. The molecule has 28 heavy (non-hydrogen) atoms. The molecule has 1 amide bonds. The van der Waals surface area contributed by atoms with Crippen LogP contribution in [-0.2, 0) is 27.2 Å². The third-order valence-corrected chi connectivity index (χ3v) is 6.91. The number of carboxylic acid groups (broad SMARTS) is 1. The highest BCUT2D eigenvalue weighted by Gasteiger charge is 2.35. The first-order valence-electron chi connectivity index (χ1n) is 9.82. The Balaban J connectivity index is 1.86. The minimum absolute atomic E-state index is 0.318. The van der Waals surface area contributed by atoms with E-state index in [4.69, 9.17) is 4.74 Å². The van der Waals surface area contributed by atoms with Crippen molar-refractivity contribution in [2.24, 2.45) is 11.8 Å². The van der Waals surface area contributed by atoms with E-state index in [2.05, 4.69) is 5.32 Å². The van der Waals surface area contributed by atoms with Gasteiger partial charge in [0.2, 0.25) is 5.91 Å². The summed E-state index contributed by atoms with van der Waals surface area (Å²) in [5, 5.41) is 14.9. The highest BCUT2D eigenvalue weighted by molar-refractivity contribution is 7.17. The molecule has 2 aliphatic rings. The maximum absolute atomic E-state index is 13.0. The summed E-state index contributed by atoms with van der Waals surface area (Å²) in [5.41, 5.74) is 3.45. The zero-order valence-corrected chi connectivity index (χ0v) is 17.4. The average molecular weight is 405 g/mol. The molecule has 0 saturated heterocycles. The molecule has 152 valence electrons. The van der Waals surface area contributed by atoms with Gasteiger partial charge in [0.25, 0.3) is 0 Å². The lowest BCUT2D eigenvalue weighted by molar-refractivity contribution is -0.313. The molecule has 0 spiro atoms. The van der Waals surface area contributed by atoms with Crippen molar-refractivity contribution in [3.63, 3.8) is 0 Å². The van der Waals surface area contributed by atoms with Crippen LogP contribution in [0.25, 0.3) is 0 Å². The van der Waals surface area contributed by atoms with Gasteiger partial charge in [-0.2, -0.15) is 0 Å². The molecule has 2 atom stereocenters. The molecule has 1 aromatic rings. The van der Waals surface area contributed by atoms with Gasteiger partial charge < -0.3 is 20.0 Å². The van der Waals surface area contributed by atoms with Crippen LogP contribution in [0.5, 0.6) is 0 Å². The number of fused-ring (bicyclic) bond motifs is 1. The lowest BCUT2D eigenvalue weighted by Gasteiger charge is -2.32. The molecule has 1 aromatic heterocycles. The van der Waals surface area contributed by atoms with Crippen molar-refractivity contribution in [2.75, 3.05) is 11.9 Å².